The molecule has 1 atom stereocenters. The summed E-state index contributed by atoms with van der Waals surface area (Å²) in [5.41, 5.74) is 2.09. The van der Waals surface area contributed by atoms with Crippen molar-refractivity contribution in [3.8, 4) is 5.88 Å². The second-order valence-electron chi connectivity index (χ2n) is 4.06. The Morgan fingerprint density at radius 2 is 2.21 bits per heavy atom. The first kappa shape index (κ1) is 14.4. The van der Waals surface area contributed by atoms with Crippen LogP contribution in [-0.2, 0) is 0 Å². The summed E-state index contributed by atoms with van der Waals surface area (Å²) in [6.45, 7) is 3.08. The monoisotopic (exact) mass is 341 g/mol. The van der Waals surface area contributed by atoms with Crippen molar-refractivity contribution in [2.45, 2.75) is 19.4 Å². The smallest absolute Gasteiger partial charge is 0.233 e. The minimum Gasteiger partial charge on any atom is -0.480 e. The SMILES string of the molecule is CCCNC(c1ccc(OC)nn1)c1cscc1Br. The number of thiophene rings is 1. The maximum atomic E-state index is 5.04. The Morgan fingerprint density at radius 1 is 1.37 bits per heavy atom. The lowest BCUT2D eigenvalue weighted by atomic mass is 10.1. The summed E-state index contributed by atoms with van der Waals surface area (Å²) < 4.78 is 6.14. The summed E-state index contributed by atoms with van der Waals surface area (Å²) in [4.78, 5) is 0. The summed E-state index contributed by atoms with van der Waals surface area (Å²) in [6.07, 6.45) is 1.07. The van der Waals surface area contributed by atoms with Crippen LogP contribution in [0.15, 0.2) is 27.4 Å². The van der Waals surface area contributed by atoms with E-state index in [2.05, 4.69) is 49.1 Å². The van der Waals surface area contributed by atoms with Crippen LogP contribution < -0.4 is 10.1 Å². The van der Waals surface area contributed by atoms with Crippen molar-refractivity contribution in [3.05, 3.63) is 38.6 Å². The predicted molar refractivity (Wildman–Crippen MR) is 80.7 cm³/mol. The maximum absolute atomic E-state index is 5.04. The molecule has 6 heteroatoms. The molecule has 0 saturated carbocycles. The van der Waals surface area contributed by atoms with Gasteiger partial charge in [0.15, 0.2) is 0 Å². The highest BCUT2D eigenvalue weighted by Crippen LogP contribution is 2.30. The van der Waals surface area contributed by atoms with E-state index in [1.165, 1.54) is 5.56 Å². The van der Waals surface area contributed by atoms with Crippen molar-refractivity contribution in [2.75, 3.05) is 13.7 Å². The van der Waals surface area contributed by atoms with Crippen LogP contribution in [0, 0.1) is 0 Å². The molecule has 4 nitrogen and oxygen atoms in total. The van der Waals surface area contributed by atoms with Gasteiger partial charge in [0.1, 0.15) is 0 Å². The molecule has 0 aliphatic carbocycles. The number of aromatic nitrogens is 2. The highest BCUT2D eigenvalue weighted by molar-refractivity contribution is 9.10. The summed E-state index contributed by atoms with van der Waals surface area (Å²) in [7, 11) is 1.59. The van der Waals surface area contributed by atoms with Crippen molar-refractivity contribution in [1.82, 2.24) is 15.5 Å². The fourth-order valence-corrected chi connectivity index (χ4v) is 3.30. The van der Waals surface area contributed by atoms with E-state index < -0.39 is 0 Å². The molecule has 0 aliphatic heterocycles. The van der Waals surface area contributed by atoms with Gasteiger partial charge in [-0.15, -0.1) is 10.2 Å². The Morgan fingerprint density at radius 3 is 2.74 bits per heavy atom. The fourth-order valence-electron chi connectivity index (χ4n) is 1.75. The zero-order valence-electron chi connectivity index (χ0n) is 10.9. The highest BCUT2D eigenvalue weighted by atomic mass is 79.9. The maximum Gasteiger partial charge on any atom is 0.233 e. The molecule has 0 aliphatic rings. The van der Waals surface area contributed by atoms with Crippen molar-refractivity contribution >= 4 is 27.3 Å². The number of nitrogens with zero attached hydrogens (tertiary/aromatic N) is 2. The van der Waals surface area contributed by atoms with Crippen molar-refractivity contribution in [3.63, 3.8) is 0 Å². The molecule has 0 fully saturated rings. The number of methoxy groups -OCH3 is 1. The molecule has 2 aromatic heterocycles. The first-order chi connectivity index (χ1) is 9.26. The van der Waals surface area contributed by atoms with Gasteiger partial charge in [-0.2, -0.15) is 11.3 Å². The average molecular weight is 342 g/mol. The Balaban J connectivity index is 2.28. The molecule has 19 heavy (non-hydrogen) atoms. The van der Waals surface area contributed by atoms with Gasteiger partial charge in [0.25, 0.3) is 0 Å². The molecule has 1 N–H and O–H groups in total. The number of hydrogen-bond acceptors (Lipinski definition) is 5. The van der Waals surface area contributed by atoms with E-state index in [4.69, 9.17) is 4.74 Å². The van der Waals surface area contributed by atoms with Crippen molar-refractivity contribution < 1.29 is 4.74 Å². The van der Waals surface area contributed by atoms with Gasteiger partial charge in [-0.05, 0) is 40.3 Å². The predicted octanol–water partition coefficient (Wildman–Crippen LogP) is 3.40. The Kier molecular flexibility index (Phi) is 5.30. The standard InChI is InChI=1S/C13H16BrN3OS/c1-3-6-15-13(9-7-19-8-10(9)14)11-4-5-12(18-2)17-16-11/h4-5,7-8,13,15H,3,6H2,1-2H3. The number of nitrogens with one attached hydrogen (secondary N) is 1. The summed E-state index contributed by atoms with van der Waals surface area (Å²) in [6, 6.07) is 3.84. The van der Waals surface area contributed by atoms with Gasteiger partial charge in [-0.1, -0.05) is 6.92 Å². The third-order valence-electron chi connectivity index (χ3n) is 2.72. The van der Waals surface area contributed by atoms with Gasteiger partial charge in [0, 0.05) is 21.5 Å². The zero-order valence-corrected chi connectivity index (χ0v) is 13.3. The number of ether oxygens (including phenoxy) is 1. The largest absolute Gasteiger partial charge is 0.480 e. The highest BCUT2D eigenvalue weighted by Gasteiger charge is 2.18. The minimum absolute atomic E-state index is 0.0546. The minimum atomic E-state index is 0.0546. The molecule has 0 saturated heterocycles. The van der Waals surface area contributed by atoms with Crippen LogP contribution in [0.1, 0.15) is 30.6 Å². The van der Waals surface area contributed by atoms with Gasteiger partial charge in [0.05, 0.1) is 18.8 Å². The first-order valence-corrected chi connectivity index (χ1v) is 7.82. The van der Waals surface area contributed by atoms with E-state index in [0.717, 1.165) is 23.1 Å². The van der Waals surface area contributed by atoms with Crippen LogP contribution in [0.3, 0.4) is 0 Å². The van der Waals surface area contributed by atoms with Crippen LogP contribution in [0.25, 0.3) is 0 Å². The van der Waals surface area contributed by atoms with Gasteiger partial charge < -0.3 is 10.1 Å². The zero-order chi connectivity index (χ0) is 13.7. The Bertz CT molecular complexity index is 515. The van der Waals surface area contributed by atoms with Gasteiger partial charge in [0.2, 0.25) is 5.88 Å². The molecule has 0 radical (unpaired) electrons. The van der Waals surface area contributed by atoms with Crippen LogP contribution >= 0.6 is 27.3 Å². The van der Waals surface area contributed by atoms with E-state index in [1.54, 1.807) is 18.4 Å². The van der Waals surface area contributed by atoms with Crippen LogP contribution in [0.2, 0.25) is 0 Å². The van der Waals surface area contributed by atoms with E-state index in [9.17, 15) is 0 Å². The van der Waals surface area contributed by atoms with Crippen LogP contribution in [-0.4, -0.2) is 23.9 Å². The molecule has 0 amide bonds. The quantitative estimate of drug-likeness (QED) is 0.874. The molecule has 0 spiro atoms. The topological polar surface area (TPSA) is 47.0 Å². The number of halogens is 1. The molecule has 0 aromatic carbocycles. The third-order valence-corrected chi connectivity index (χ3v) is 4.47. The molecule has 2 aromatic rings. The molecular weight excluding hydrogens is 326 g/mol. The second kappa shape index (κ2) is 6.98. The van der Waals surface area contributed by atoms with Gasteiger partial charge >= 0.3 is 0 Å². The molecule has 102 valence electrons. The van der Waals surface area contributed by atoms with Crippen molar-refractivity contribution in [1.29, 1.82) is 0 Å². The molecular formula is C13H16BrN3OS. The molecule has 2 rings (SSSR count). The van der Waals surface area contributed by atoms with E-state index in [0.29, 0.717) is 5.88 Å². The summed E-state index contributed by atoms with van der Waals surface area (Å²) in [5.74, 6) is 0.530. The average Bonchev–Trinajstić information content (AvgIpc) is 2.86. The van der Waals surface area contributed by atoms with Crippen molar-refractivity contribution in [2.24, 2.45) is 0 Å². The lowest BCUT2D eigenvalue weighted by molar-refractivity contribution is 0.390. The van der Waals surface area contributed by atoms with E-state index in [-0.39, 0.29) is 6.04 Å². The van der Waals surface area contributed by atoms with Crippen LogP contribution in [0.5, 0.6) is 5.88 Å². The summed E-state index contributed by atoms with van der Waals surface area (Å²) in [5, 5.41) is 16.0. The second-order valence-corrected chi connectivity index (χ2v) is 5.66. The number of rotatable bonds is 6. The van der Waals surface area contributed by atoms with Gasteiger partial charge in [-0.25, -0.2) is 0 Å². The third kappa shape index (κ3) is 3.52. The molecule has 1 unspecified atom stereocenters. The Labute approximate surface area is 125 Å². The molecule has 2 heterocycles. The first-order valence-electron chi connectivity index (χ1n) is 6.08. The normalized spacial score (nSPS) is 12.4. The fraction of sp³-hybridized carbons (Fsp3) is 0.385. The summed E-state index contributed by atoms with van der Waals surface area (Å²) >= 11 is 5.25. The van der Waals surface area contributed by atoms with Crippen LogP contribution in [0.4, 0.5) is 0 Å². The van der Waals surface area contributed by atoms with E-state index >= 15 is 0 Å². The Hall–Kier alpha value is -0.980. The lowest BCUT2D eigenvalue weighted by Gasteiger charge is -2.17. The molecule has 0 bridgehead atoms. The number of hydrogen-bond donors (Lipinski definition) is 1. The van der Waals surface area contributed by atoms with Gasteiger partial charge in [-0.3, -0.25) is 0 Å². The lowest BCUT2D eigenvalue weighted by Crippen LogP contribution is -2.24. The van der Waals surface area contributed by atoms with E-state index in [1.807, 2.05) is 12.1 Å².